The zero-order valence-electron chi connectivity index (χ0n) is 9.75. The predicted octanol–water partition coefficient (Wildman–Crippen LogP) is 3.60. The smallest absolute Gasteiger partial charge is 0.253 e. The Labute approximate surface area is 115 Å². The molecule has 17 heavy (non-hydrogen) atoms. The number of amides is 1. The van der Waals surface area contributed by atoms with Crippen molar-refractivity contribution < 1.29 is 4.79 Å². The second-order valence-corrected chi connectivity index (χ2v) is 5.90. The van der Waals surface area contributed by atoms with E-state index in [1.807, 2.05) is 30.0 Å². The number of hydrogen-bond donors (Lipinski definition) is 0. The average molecular weight is 317 g/mol. The van der Waals surface area contributed by atoms with Gasteiger partial charge in [-0.3, -0.25) is 4.79 Å². The van der Waals surface area contributed by atoms with Crippen LogP contribution in [0.2, 0.25) is 0 Å². The standard InChI is InChI=1S/C13H15BrClNO/c1-9-2-3-10(8-12(9)14)13(17)16-6-4-11(15)5-7-16/h2-3,8,11H,4-7H2,1H3. The van der Waals surface area contributed by atoms with E-state index in [0.29, 0.717) is 0 Å². The lowest BCUT2D eigenvalue weighted by atomic mass is 10.1. The van der Waals surface area contributed by atoms with Crippen molar-refractivity contribution in [3.63, 3.8) is 0 Å². The van der Waals surface area contributed by atoms with Crippen LogP contribution in [0.5, 0.6) is 0 Å². The molecule has 1 aliphatic heterocycles. The van der Waals surface area contributed by atoms with Crippen LogP contribution in [0, 0.1) is 6.92 Å². The minimum atomic E-state index is 0.106. The Balaban J connectivity index is 2.11. The van der Waals surface area contributed by atoms with E-state index in [1.54, 1.807) is 0 Å². The van der Waals surface area contributed by atoms with E-state index in [1.165, 1.54) is 0 Å². The Morgan fingerprint density at radius 3 is 2.65 bits per heavy atom. The van der Waals surface area contributed by atoms with Crippen molar-refractivity contribution in [1.82, 2.24) is 4.90 Å². The van der Waals surface area contributed by atoms with Gasteiger partial charge in [0.05, 0.1) is 0 Å². The Morgan fingerprint density at radius 1 is 1.41 bits per heavy atom. The molecule has 0 radical (unpaired) electrons. The Morgan fingerprint density at radius 2 is 2.06 bits per heavy atom. The predicted molar refractivity (Wildman–Crippen MR) is 73.7 cm³/mol. The topological polar surface area (TPSA) is 20.3 Å². The summed E-state index contributed by atoms with van der Waals surface area (Å²) in [5.74, 6) is 0.106. The van der Waals surface area contributed by atoms with Crippen molar-refractivity contribution in [2.75, 3.05) is 13.1 Å². The van der Waals surface area contributed by atoms with Crippen LogP contribution in [0.15, 0.2) is 22.7 Å². The van der Waals surface area contributed by atoms with Crippen molar-refractivity contribution in [2.45, 2.75) is 25.1 Å². The van der Waals surface area contributed by atoms with Crippen LogP contribution in [0.25, 0.3) is 0 Å². The van der Waals surface area contributed by atoms with Crippen LogP contribution < -0.4 is 0 Å². The van der Waals surface area contributed by atoms with Gasteiger partial charge in [-0.2, -0.15) is 0 Å². The summed E-state index contributed by atoms with van der Waals surface area (Å²) in [5.41, 5.74) is 1.89. The van der Waals surface area contributed by atoms with Crippen LogP contribution in [0.1, 0.15) is 28.8 Å². The molecule has 1 aromatic rings. The van der Waals surface area contributed by atoms with Gasteiger partial charge in [0, 0.05) is 28.5 Å². The number of hydrogen-bond acceptors (Lipinski definition) is 1. The lowest BCUT2D eigenvalue weighted by molar-refractivity contribution is 0.0726. The summed E-state index contributed by atoms with van der Waals surface area (Å²) in [6.45, 7) is 3.54. The molecule has 0 N–H and O–H groups in total. The molecule has 92 valence electrons. The SMILES string of the molecule is Cc1ccc(C(=O)N2CCC(Cl)CC2)cc1Br. The van der Waals surface area contributed by atoms with Gasteiger partial charge in [0.25, 0.3) is 5.91 Å². The molecule has 0 bridgehead atoms. The first-order chi connectivity index (χ1) is 8.08. The highest BCUT2D eigenvalue weighted by molar-refractivity contribution is 9.10. The van der Waals surface area contributed by atoms with E-state index in [4.69, 9.17) is 11.6 Å². The highest BCUT2D eigenvalue weighted by atomic mass is 79.9. The normalized spacial score (nSPS) is 17.2. The molecular weight excluding hydrogens is 302 g/mol. The molecule has 1 saturated heterocycles. The highest BCUT2D eigenvalue weighted by Crippen LogP contribution is 2.21. The monoisotopic (exact) mass is 315 g/mol. The highest BCUT2D eigenvalue weighted by Gasteiger charge is 2.22. The summed E-state index contributed by atoms with van der Waals surface area (Å²) in [6.07, 6.45) is 1.78. The molecule has 2 rings (SSSR count). The first kappa shape index (κ1) is 12.9. The lowest BCUT2D eigenvalue weighted by Crippen LogP contribution is -2.38. The quantitative estimate of drug-likeness (QED) is 0.725. The Bertz CT molecular complexity index is 427. The van der Waals surface area contributed by atoms with Gasteiger partial charge in [-0.15, -0.1) is 11.6 Å². The molecule has 1 aromatic carbocycles. The number of halogens is 2. The van der Waals surface area contributed by atoms with E-state index in [0.717, 1.165) is 41.5 Å². The molecule has 0 aromatic heterocycles. The van der Waals surface area contributed by atoms with Gasteiger partial charge in [0.1, 0.15) is 0 Å². The molecule has 0 saturated carbocycles. The van der Waals surface area contributed by atoms with E-state index < -0.39 is 0 Å². The number of aryl methyl sites for hydroxylation is 1. The molecular formula is C13H15BrClNO. The number of carbonyl (C=O) groups is 1. The molecule has 1 aliphatic rings. The van der Waals surface area contributed by atoms with Gasteiger partial charge in [0.15, 0.2) is 0 Å². The summed E-state index contributed by atoms with van der Waals surface area (Å²) in [6, 6.07) is 5.74. The van der Waals surface area contributed by atoms with E-state index in [-0.39, 0.29) is 11.3 Å². The third kappa shape index (κ3) is 3.02. The Hall–Kier alpha value is -0.540. The summed E-state index contributed by atoms with van der Waals surface area (Å²) in [7, 11) is 0. The molecule has 1 fully saturated rings. The summed E-state index contributed by atoms with van der Waals surface area (Å²) in [5, 5.41) is 0.226. The second kappa shape index (κ2) is 5.40. The first-order valence-electron chi connectivity index (χ1n) is 5.77. The van der Waals surface area contributed by atoms with Crippen molar-refractivity contribution in [1.29, 1.82) is 0 Å². The van der Waals surface area contributed by atoms with Crippen molar-refractivity contribution in [3.05, 3.63) is 33.8 Å². The van der Waals surface area contributed by atoms with E-state index in [2.05, 4.69) is 15.9 Å². The fraction of sp³-hybridized carbons (Fsp3) is 0.462. The zero-order valence-corrected chi connectivity index (χ0v) is 12.1. The van der Waals surface area contributed by atoms with Gasteiger partial charge in [-0.25, -0.2) is 0 Å². The average Bonchev–Trinajstić information content (AvgIpc) is 2.33. The van der Waals surface area contributed by atoms with Crippen LogP contribution in [-0.4, -0.2) is 29.3 Å². The van der Waals surface area contributed by atoms with Crippen molar-refractivity contribution in [3.8, 4) is 0 Å². The molecule has 0 atom stereocenters. The number of benzene rings is 1. The number of piperidine rings is 1. The Kier molecular flexibility index (Phi) is 4.10. The van der Waals surface area contributed by atoms with Gasteiger partial charge in [-0.05, 0) is 37.5 Å². The van der Waals surface area contributed by atoms with Gasteiger partial charge in [0.2, 0.25) is 0 Å². The fourth-order valence-electron chi connectivity index (χ4n) is 1.96. The number of carbonyl (C=O) groups excluding carboxylic acids is 1. The van der Waals surface area contributed by atoms with Crippen LogP contribution >= 0.6 is 27.5 Å². The summed E-state index contributed by atoms with van der Waals surface area (Å²) >= 11 is 9.49. The maximum atomic E-state index is 12.2. The maximum Gasteiger partial charge on any atom is 0.253 e. The number of rotatable bonds is 1. The summed E-state index contributed by atoms with van der Waals surface area (Å²) in [4.78, 5) is 14.1. The molecule has 1 heterocycles. The van der Waals surface area contributed by atoms with Crippen LogP contribution in [-0.2, 0) is 0 Å². The van der Waals surface area contributed by atoms with Crippen molar-refractivity contribution in [2.24, 2.45) is 0 Å². The molecule has 0 spiro atoms. The van der Waals surface area contributed by atoms with E-state index in [9.17, 15) is 4.79 Å². The molecule has 2 nitrogen and oxygen atoms in total. The zero-order chi connectivity index (χ0) is 12.4. The third-order valence-electron chi connectivity index (χ3n) is 3.13. The van der Waals surface area contributed by atoms with Crippen LogP contribution in [0.4, 0.5) is 0 Å². The number of alkyl halides is 1. The van der Waals surface area contributed by atoms with Crippen LogP contribution in [0.3, 0.4) is 0 Å². The van der Waals surface area contributed by atoms with Gasteiger partial charge in [-0.1, -0.05) is 22.0 Å². The molecule has 1 amide bonds. The lowest BCUT2D eigenvalue weighted by Gasteiger charge is -2.29. The largest absolute Gasteiger partial charge is 0.339 e. The van der Waals surface area contributed by atoms with Crippen molar-refractivity contribution >= 4 is 33.4 Å². The minimum Gasteiger partial charge on any atom is -0.339 e. The maximum absolute atomic E-state index is 12.2. The fourth-order valence-corrected chi connectivity index (χ4v) is 2.53. The number of nitrogens with zero attached hydrogens (tertiary/aromatic N) is 1. The third-order valence-corrected chi connectivity index (χ3v) is 4.42. The summed E-state index contributed by atoms with van der Waals surface area (Å²) < 4.78 is 0.982. The molecule has 4 heteroatoms. The first-order valence-corrected chi connectivity index (χ1v) is 7.00. The number of likely N-dealkylation sites (tertiary alicyclic amines) is 1. The van der Waals surface area contributed by atoms with Gasteiger partial charge >= 0.3 is 0 Å². The molecule has 0 aliphatic carbocycles. The van der Waals surface area contributed by atoms with Gasteiger partial charge < -0.3 is 4.90 Å². The van der Waals surface area contributed by atoms with E-state index >= 15 is 0 Å². The molecule has 0 unspecified atom stereocenters. The minimum absolute atomic E-state index is 0.106. The second-order valence-electron chi connectivity index (χ2n) is 4.43.